The standard InChI is InChI=1S/C13H11NO7S/c1-7-9(8-4-2-3-5-10(8)15)6-14(13(17)18)12(16)11(7)22(19,20)21/h2-6,15H,1H3,(H,17,18)(H,19,20,21). The van der Waals surface area contributed by atoms with E-state index in [2.05, 4.69) is 0 Å². The Balaban J connectivity index is 3.00. The van der Waals surface area contributed by atoms with Crippen LogP contribution in [0.4, 0.5) is 4.79 Å². The number of carboxylic acid groups (broad SMARTS) is 1. The third kappa shape index (κ3) is 2.59. The van der Waals surface area contributed by atoms with E-state index >= 15 is 0 Å². The Morgan fingerprint density at radius 3 is 2.27 bits per heavy atom. The molecule has 0 radical (unpaired) electrons. The molecule has 1 aromatic carbocycles. The van der Waals surface area contributed by atoms with E-state index < -0.39 is 26.7 Å². The van der Waals surface area contributed by atoms with Crippen molar-refractivity contribution < 1.29 is 28.0 Å². The Hall–Kier alpha value is -2.65. The van der Waals surface area contributed by atoms with Crippen molar-refractivity contribution in [2.45, 2.75) is 11.8 Å². The fourth-order valence-electron chi connectivity index (χ4n) is 2.10. The molecular weight excluding hydrogens is 314 g/mol. The van der Waals surface area contributed by atoms with Gasteiger partial charge in [-0.1, -0.05) is 18.2 Å². The minimum absolute atomic E-state index is 0.00674. The van der Waals surface area contributed by atoms with E-state index in [1.807, 2.05) is 0 Å². The molecule has 0 aliphatic carbocycles. The van der Waals surface area contributed by atoms with Crippen molar-refractivity contribution in [2.24, 2.45) is 0 Å². The van der Waals surface area contributed by atoms with Crippen molar-refractivity contribution in [3.05, 3.63) is 46.4 Å². The quantitative estimate of drug-likeness (QED) is 0.708. The summed E-state index contributed by atoms with van der Waals surface area (Å²) in [5, 5.41) is 18.8. The number of phenolic OH excluding ortho intramolecular Hbond substituents is 1. The van der Waals surface area contributed by atoms with Crippen LogP contribution in [0.2, 0.25) is 0 Å². The molecule has 22 heavy (non-hydrogen) atoms. The van der Waals surface area contributed by atoms with Crippen LogP contribution in [0.15, 0.2) is 40.2 Å². The van der Waals surface area contributed by atoms with Gasteiger partial charge in [0.2, 0.25) is 0 Å². The van der Waals surface area contributed by atoms with Crippen LogP contribution in [-0.4, -0.2) is 33.8 Å². The molecule has 0 saturated carbocycles. The predicted molar refractivity (Wildman–Crippen MR) is 75.8 cm³/mol. The lowest BCUT2D eigenvalue weighted by atomic mass is 10.0. The lowest BCUT2D eigenvalue weighted by molar-refractivity contribution is 0.195. The molecular formula is C13H11NO7S. The summed E-state index contributed by atoms with van der Waals surface area (Å²) >= 11 is 0. The van der Waals surface area contributed by atoms with Gasteiger partial charge in [0.1, 0.15) is 5.75 Å². The molecule has 8 nitrogen and oxygen atoms in total. The second-order valence-corrected chi connectivity index (χ2v) is 5.81. The minimum atomic E-state index is -4.94. The second kappa shape index (κ2) is 5.28. The van der Waals surface area contributed by atoms with Crippen molar-refractivity contribution in [2.75, 3.05) is 0 Å². The van der Waals surface area contributed by atoms with Crippen LogP contribution in [0.25, 0.3) is 11.1 Å². The lowest BCUT2D eigenvalue weighted by Crippen LogP contribution is -2.31. The van der Waals surface area contributed by atoms with Gasteiger partial charge in [0.15, 0.2) is 4.90 Å². The van der Waals surface area contributed by atoms with Gasteiger partial charge in [-0.05, 0) is 18.6 Å². The highest BCUT2D eigenvalue weighted by Crippen LogP contribution is 2.32. The van der Waals surface area contributed by atoms with Crippen molar-refractivity contribution in [3.8, 4) is 16.9 Å². The van der Waals surface area contributed by atoms with Gasteiger partial charge in [-0.2, -0.15) is 8.42 Å². The van der Waals surface area contributed by atoms with Gasteiger partial charge >= 0.3 is 6.09 Å². The minimum Gasteiger partial charge on any atom is -0.507 e. The van der Waals surface area contributed by atoms with Gasteiger partial charge in [-0.25, -0.2) is 9.36 Å². The van der Waals surface area contributed by atoms with Crippen LogP contribution in [0.3, 0.4) is 0 Å². The van der Waals surface area contributed by atoms with Crippen LogP contribution in [0.1, 0.15) is 5.56 Å². The van der Waals surface area contributed by atoms with E-state index in [1.54, 1.807) is 0 Å². The lowest BCUT2D eigenvalue weighted by Gasteiger charge is -2.13. The maximum atomic E-state index is 11.9. The zero-order valence-electron chi connectivity index (χ0n) is 11.2. The summed E-state index contributed by atoms with van der Waals surface area (Å²) in [6.45, 7) is 1.23. The number of benzene rings is 1. The Labute approximate surface area is 124 Å². The van der Waals surface area contributed by atoms with Gasteiger partial charge in [-0.15, -0.1) is 0 Å². The molecule has 0 aliphatic rings. The van der Waals surface area contributed by atoms with E-state index in [0.29, 0.717) is 0 Å². The normalized spacial score (nSPS) is 11.4. The molecule has 0 bridgehead atoms. The highest BCUT2D eigenvalue weighted by molar-refractivity contribution is 7.85. The Kier molecular flexibility index (Phi) is 3.77. The first kappa shape index (κ1) is 15.7. The van der Waals surface area contributed by atoms with E-state index in [9.17, 15) is 27.7 Å². The molecule has 0 atom stereocenters. The van der Waals surface area contributed by atoms with Crippen molar-refractivity contribution in [1.29, 1.82) is 0 Å². The van der Waals surface area contributed by atoms with Gasteiger partial charge in [0, 0.05) is 17.3 Å². The number of aromatic hydroxyl groups is 1. The van der Waals surface area contributed by atoms with E-state index in [-0.39, 0.29) is 27.0 Å². The summed E-state index contributed by atoms with van der Waals surface area (Å²) in [6.07, 6.45) is -0.824. The number of carbonyl (C=O) groups is 1. The monoisotopic (exact) mass is 325 g/mol. The number of aromatic nitrogens is 1. The van der Waals surface area contributed by atoms with Crippen molar-refractivity contribution >= 4 is 16.2 Å². The highest BCUT2D eigenvalue weighted by atomic mass is 32.2. The molecule has 116 valence electrons. The topological polar surface area (TPSA) is 134 Å². The molecule has 3 N–H and O–H groups in total. The first-order valence-electron chi connectivity index (χ1n) is 5.90. The second-order valence-electron chi connectivity index (χ2n) is 4.45. The predicted octanol–water partition coefficient (Wildman–Crippen LogP) is 1.30. The maximum Gasteiger partial charge on any atom is 0.418 e. The summed E-state index contributed by atoms with van der Waals surface area (Å²) in [5.41, 5.74) is -1.43. The molecule has 2 rings (SSSR count). The SMILES string of the molecule is Cc1c(-c2ccccc2O)cn(C(=O)O)c(=O)c1S(=O)(=O)O. The largest absolute Gasteiger partial charge is 0.507 e. The first-order chi connectivity index (χ1) is 10.1. The average molecular weight is 325 g/mol. The number of phenols is 1. The van der Waals surface area contributed by atoms with Crippen molar-refractivity contribution in [3.63, 3.8) is 0 Å². The number of rotatable bonds is 2. The zero-order valence-corrected chi connectivity index (χ0v) is 12.0. The summed E-state index contributed by atoms with van der Waals surface area (Å²) < 4.78 is 32.1. The van der Waals surface area contributed by atoms with E-state index in [1.165, 1.54) is 31.2 Å². The summed E-state index contributed by atoms with van der Waals surface area (Å²) in [7, 11) is -4.94. The van der Waals surface area contributed by atoms with Gasteiger partial charge in [-0.3, -0.25) is 9.35 Å². The van der Waals surface area contributed by atoms with Crippen LogP contribution in [0.5, 0.6) is 5.75 Å². The Morgan fingerprint density at radius 1 is 1.18 bits per heavy atom. The molecule has 0 aliphatic heterocycles. The van der Waals surface area contributed by atoms with Crippen LogP contribution in [-0.2, 0) is 10.1 Å². The van der Waals surface area contributed by atoms with Crippen LogP contribution < -0.4 is 5.56 Å². The third-order valence-corrected chi connectivity index (χ3v) is 4.07. The molecule has 0 spiro atoms. The molecule has 2 aromatic rings. The molecule has 0 fully saturated rings. The molecule has 9 heteroatoms. The molecule has 1 aromatic heterocycles. The summed E-state index contributed by atoms with van der Waals surface area (Å²) in [4.78, 5) is 22.0. The van der Waals surface area contributed by atoms with Gasteiger partial charge in [0.25, 0.3) is 15.7 Å². The maximum absolute atomic E-state index is 11.9. The highest BCUT2D eigenvalue weighted by Gasteiger charge is 2.25. The molecule has 0 amide bonds. The number of hydrogen-bond donors (Lipinski definition) is 3. The van der Waals surface area contributed by atoms with Crippen LogP contribution >= 0.6 is 0 Å². The number of pyridine rings is 1. The Bertz CT molecular complexity index is 928. The average Bonchev–Trinajstić information content (AvgIpc) is 2.38. The first-order valence-corrected chi connectivity index (χ1v) is 7.34. The number of nitrogens with zero attached hydrogens (tertiary/aromatic N) is 1. The fraction of sp³-hybridized carbons (Fsp3) is 0.0769. The molecule has 1 heterocycles. The molecule has 0 saturated heterocycles. The number of para-hydroxylation sites is 1. The van der Waals surface area contributed by atoms with E-state index in [0.717, 1.165) is 6.20 Å². The zero-order chi connectivity index (χ0) is 16.7. The summed E-state index contributed by atoms with van der Waals surface area (Å²) in [6, 6.07) is 5.79. The van der Waals surface area contributed by atoms with Gasteiger partial charge < -0.3 is 10.2 Å². The summed E-state index contributed by atoms with van der Waals surface area (Å²) in [5.74, 6) is -0.234. The number of hydrogen-bond acceptors (Lipinski definition) is 5. The molecule has 0 unspecified atom stereocenters. The third-order valence-electron chi connectivity index (χ3n) is 3.07. The van der Waals surface area contributed by atoms with E-state index in [4.69, 9.17) is 5.11 Å². The fourth-order valence-corrected chi connectivity index (χ4v) is 2.91. The smallest absolute Gasteiger partial charge is 0.418 e. The Morgan fingerprint density at radius 2 is 1.77 bits per heavy atom. The van der Waals surface area contributed by atoms with Crippen molar-refractivity contribution in [1.82, 2.24) is 4.57 Å². The van der Waals surface area contributed by atoms with Gasteiger partial charge in [0.05, 0.1) is 0 Å². The van der Waals surface area contributed by atoms with Crippen LogP contribution in [0, 0.1) is 6.92 Å².